The molecule has 0 radical (unpaired) electrons. The summed E-state index contributed by atoms with van der Waals surface area (Å²) in [6, 6.07) is 13.9. The van der Waals surface area contributed by atoms with Crippen molar-refractivity contribution in [3.8, 4) is 0 Å². The largest absolute Gasteiger partial charge is 0.452 e. The van der Waals surface area contributed by atoms with Crippen LogP contribution in [0.5, 0.6) is 0 Å². The third-order valence-corrected chi connectivity index (χ3v) is 7.40. The van der Waals surface area contributed by atoms with Crippen LogP contribution in [0.15, 0.2) is 68.7 Å². The van der Waals surface area contributed by atoms with E-state index in [0.29, 0.717) is 16.0 Å². The summed E-state index contributed by atoms with van der Waals surface area (Å²) in [4.78, 5) is 38.4. The molecule has 0 N–H and O–H groups in total. The summed E-state index contributed by atoms with van der Waals surface area (Å²) in [6.07, 6.45) is 0. The number of esters is 1. The van der Waals surface area contributed by atoms with Crippen molar-refractivity contribution in [2.75, 3.05) is 32.8 Å². The van der Waals surface area contributed by atoms with Gasteiger partial charge in [0, 0.05) is 36.6 Å². The van der Waals surface area contributed by atoms with E-state index in [4.69, 9.17) is 20.8 Å². The number of ether oxygens (including phenoxy) is 1. The number of amides is 1. The summed E-state index contributed by atoms with van der Waals surface area (Å²) in [7, 11) is -3.71. The van der Waals surface area contributed by atoms with Crippen molar-refractivity contribution in [2.45, 2.75) is 4.90 Å². The Kier molecular flexibility index (Phi) is 6.50. The Hall–Kier alpha value is -3.21. The van der Waals surface area contributed by atoms with Gasteiger partial charge in [0.05, 0.1) is 4.90 Å². The summed E-state index contributed by atoms with van der Waals surface area (Å²) >= 11 is 5.82. The van der Waals surface area contributed by atoms with Gasteiger partial charge in [-0.1, -0.05) is 29.8 Å². The topological polar surface area (TPSA) is 114 Å². The molecule has 11 heteroatoms. The summed E-state index contributed by atoms with van der Waals surface area (Å²) in [5.41, 5.74) is -0.825. The third-order valence-electron chi connectivity index (χ3n) is 5.23. The van der Waals surface area contributed by atoms with Crippen LogP contribution < -0.4 is 5.63 Å². The summed E-state index contributed by atoms with van der Waals surface area (Å²) in [5, 5.41) is 0.980. The molecule has 0 spiro atoms. The van der Waals surface area contributed by atoms with Crippen molar-refractivity contribution < 1.29 is 27.2 Å². The van der Waals surface area contributed by atoms with Crippen molar-refractivity contribution in [1.82, 2.24) is 9.21 Å². The first kappa shape index (κ1) is 23.0. The molecule has 3 aromatic rings. The molecule has 1 saturated heterocycles. The molecule has 2 heterocycles. The van der Waals surface area contributed by atoms with E-state index in [1.54, 1.807) is 24.3 Å². The van der Waals surface area contributed by atoms with Crippen molar-refractivity contribution in [3.63, 3.8) is 0 Å². The van der Waals surface area contributed by atoms with Crippen LogP contribution in [0.3, 0.4) is 0 Å². The van der Waals surface area contributed by atoms with E-state index < -0.39 is 34.1 Å². The second kappa shape index (κ2) is 9.34. The Morgan fingerprint density at radius 1 is 1.00 bits per heavy atom. The number of carbonyl (C=O) groups excluding carboxylic acids is 2. The molecule has 0 unspecified atom stereocenters. The smallest absolute Gasteiger partial charge is 0.351 e. The number of para-hydroxylation sites is 1. The highest BCUT2D eigenvalue weighted by Crippen LogP contribution is 2.20. The van der Waals surface area contributed by atoms with Gasteiger partial charge in [0.2, 0.25) is 10.0 Å². The minimum Gasteiger partial charge on any atom is -0.452 e. The van der Waals surface area contributed by atoms with Crippen LogP contribution in [-0.2, 0) is 19.6 Å². The molecule has 0 saturated carbocycles. The molecule has 4 rings (SSSR count). The van der Waals surface area contributed by atoms with Crippen molar-refractivity contribution in [1.29, 1.82) is 0 Å². The number of hydrogen-bond acceptors (Lipinski definition) is 7. The number of sulfonamides is 1. The first-order valence-electron chi connectivity index (χ1n) is 9.99. The van der Waals surface area contributed by atoms with E-state index in [1.165, 1.54) is 39.5 Å². The fraction of sp³-hybridized carbons (Fsp3) is 0.227. The number of nitrogens with zero attached hydrogens (tertiary/aromatic N) is 2. The first-order chi connectivity index (χ1) is 15.8. The number of piperazine rings is 1. The number of hydrogen-bond donors (Lipinski definition) is 0. The first-order valence-corrected chi connectivity index (χ1v) is 11.8. The number of carbonyl (C=O) groups is 2. The van der Waals surface area contributed by atoms with E-state index in [-0.39, 0.29) is 36.6 Å². The average Bonchev–Trinajstić information content (AvgIpc) is 2.82. The van der Waals surface area contributed by atoms with Crippen LogP contribution in [0.2, 0.25) is 5.02 Å². The lowest BCUT2D eigenvalue weighted by Gasteiger charge is -2.33. The van der Waals surface area contributed by atoms with Crippen LogP contribution in [0.4, 0.5) is 0 Å². The van der Waals surface area contributed by atoms with Gasteiger partial charge >= 0.3 is 11.6 Å². The Bertz CT molecular complexity index is 1360. The van der Waals surface area contributed by atoms with Crippen molar-refractivity contribution in [2.24, 2.45) is 0 Å². The highest BCUT2D eigenvalue weighted by atomic mass is 35.5. The molecule has 1 aliphatic rings. The third kappa shape index (κ3) is 4.92. The maximum atomic E-state index is 12.7. The zero-order chi connectivity index (χ0) is 23.6. The van der Waals surface area contributed by atoms with Gasteiger partial charge < -0.3 is 14.1 Å². The Morgan fingerprint density at radius 3 is 2.36 bits per heavy atom. The number of halogens is 1. The molecular formula is C22H19ClN2O7S. The number of benzene rings is 2. The quantitative estimate of drug-likeness (QED) is 0.397. The van der Waals surface area contributed by atoms with Crippen LogP contribution in [0.1, 0.15) is 10.4 Å². The molecule has 2 aromatic carbocycles. The highest BCUT2D eigenvalue weighted by molar-refractivity contribution is 7.89. The normalized spacial score (nSPS) is 14.9. The molecule has 9 nitrogen and oxygen atoms in total. The van der Waals surface area contributed by atoms with E-state index in [0.717, 1.165) is 0 Å². The average molecular weight is 491 g/mol. The molecule has 0 bridgehead atoms. The second-order valence-electron chi connectivity index (χ2n) is 7.30. The predicted octanol–water partition coefficient (Wildman–Crippen LogP) is 2.14. The predicted molar refractivity (Wildman–Crippen MR) is 120 cm³/mol. The summed E-state index contributed by atoms with van der Waals surface area (Å²) < 4.78 is 36.9. The van der Waals surface area contributed by atoms with Gasteiger partial charge in [-0.2, -0.15) is 4.31 Å². The summed E-state index contributed by atoms with van der Waals surface area (Å²) in [5.74, 6) is -1.45. The molecule has 1 aliphatic heterocycles. The van der Waals surface area contributed by atoms with Gasteiger partial charge in [0.1, 0.15) is 11.1 Å². The highest BCUT2D eigenvalue weighted by Gasteiger charge is 2.30. The van der Waals surface area contributed by atoms with Gasteiger partial charge in [-0.25, -0.2) is 18.0 Å². The van der Waals surface area contributed by atoms with Gasteiger partial charge in [0.25, 0.3) is 5.91 Å². The Labute approximate surface area is 194 Å². The fourth-order valence-corrected chi connectivity index (χ4v) is 4.98. The van der Waals surface area contributed by atoms with Crippen molar-refractivity contribution in [3.05, 3.63) is 75.6 Å². The SMILES string of the molecule is O=C(OCC(=O)N1CCN(S(=O)(=O)c2ccc(Cl)cc2)CC1)c1cc2ccccc2oc1=O. The molecule has 1 aromatic heterocycles. The van der Waals surface area contributed by atoms with E-state index >= 15 is 0 Å². The minimum absolute atomic E-state index is 0.0961. The summed E-state index contributed by atoms with van der Waals surface area (Å²) in [6.45, 7) is -0.102. The van der Waals surface area contributed by atoms with E-state index in [2.05, 4.69) is 0 Å². The monoisotopic (exact) mass is 490 g/mol. The zero-order valence-electron chi connectivity index (χ0n) is 17.3. The Balaban J connectivity index is 1.34. The van der Waals surface area contributed by atoms with Crippen LogP contribution in [0.25, 0.3) is 11.0 Å². The molecule has 1 amide bonds. The minimum atomic E-state index is -3.71. The molecule has 33 heavy (non-hydrogen) atoms. The maximum Gasteiger partial charge on any atom is 0.351 e. The zero-order valence-corrected chi connectivity index (χ0v) is 18.8. The molecule has 0 aliphatic carbocycles. The number of fused-ring (bicyclic) bond motifs is 1. The fourth-order valence-electron chi connectivity index (χ4n) is 3.43. The van der Waals surface area contributed by atoms with Gasteiger partial charge in [-0.3, -0.25) is 4.79 Å². The molecule has 0 atom stereocenters. The molecule has 172 valence electrons. The lowest BCUT2D eigenvalue weighted by atomic mass is 10.2. The maximum absolute atomic E-state index is 12.7. The molecular weight excluding hydrogens is 472 g/mol. The van der Waals surface area contributed by atoms with Crippen LogP contribution in [-0.4, -0.2) is 62.3 Å². The van der Waals surface area contributed by atoms with E-state index in [1.807, 2.05) is 0 Å². The lowest BCUT2D eigenvalue weighted by Crippen LogP contribution is -2.51. The van der Waals surface area contributed by atoms with Crippen LogP contribution >= 0.6 is 11.6 Å². The van der Waals surface area contributed by atoms with Gasteiger partial charge in [-0.15, -0.1) is 0 Å². The van der Waals surface area contributed by atoms with Gasteiger partial charge in [-0.05, 0) is 36.4 Å². The van der Waals surface area contributed by atoms with E-state index in [9.17, 15) is 22.8 Å². The second-order valence-corrected chi connectivity index (χ2v) is 9.67. The standard InChI is InChI=1S/C22H19ClN2O7S/c23-16-5-7-17(8-6-16)33(29,30)25-11-9-24(10-12-25)20(26)14-31-21(27)18-13-15-3-1-2-4-19(15)32-22(18)28/h1-8,13H,9-12,14H2. The van der Waals surface area contributed by atoms with Crippen molar-refractivity contribution >= 4 is 44.5 Å². The number of rotatable bonds is 5. The lowest BCUT2D eigenvalue weighted by molar-refractivity contribution is -0.135. The van der Waals surface area contributed by atoms with Gasteiger partial charge in [0.15, 0.2) is 6.61 Å². The Morgan fingerprint density at radius 2 is 1.67 bits per heavy atom. The van der Waals surface area contributed by atoms with Crippen LogP contribution in [0, 0.1) is 0 Å². The molecule has 1 fully saturated rings.